The standard InChI is InChI=1S/C14H12F2N2O3S/c15-10-3-1-5-12(7-10)18-14(19)9-17-22(20,21)13-6-2-4-11(16)8-13/h1-8,17H,9H2,(H,18,19). The molecular formula is C14H12F2N2O3S. The molecule has 2 rings (SSSR count). The van der Waals surface area contributed by atoms with Crippen molar-refractivity contribution in [3.8, 4) is 0 Å². The molecule has 0 aliphatic rings. The minimum absolute atomic E-state index is 0.204. The van der Waals surface area contributed by atoms with Gasteiger partial charge in [0.25, 0.3) is 0 Å². The Morgan fingerprint density at radius 2 is 1.64 bits per heavy atom. The third-order valence-corrected chi connectivity index (χ3v) is 4.04. The Balaban J connectivity index is 1.98. The molecule has 0 fully saturated rings. The van der Waals surface area contributed by atoms with E-state index in [9.17, 15) is 22.0 Å². The van der Waals surface area contributed by atoms with Crippen molar-refractivity contribution in [2.45, 2.75) is 4.90 Å². The van der Waals surface area contributed by atoms with Crippen molar-refractivity contribution in [3.05, 3.63) is 60.2 Å². The van der Waals surface area contributed by atoms with Crippen LogP contribution in [0.3, 0.4) is 0 Å². The third-order valence-electron chi connectivity index (χ3n) is 2.64. The molecule has 22 heavy (non-hydrogen) atoms. The topological polar surface area (TPSA) is 75.3 Å². The Bertz CT molecular complexity index is 794. The maximum Gasteiger partial charge on any atom is 0.241 e. The molecule has 0 radical (unpaired) electrons. The number of hydrogen-bond donors (Lipinski definition) is 2. The second-order valence-corrected chi connectivity index (χ2v) is 6.11. The molecule has 0 saturated heterocycles. The lowest BCUT2D eigenvalue weighted by Gasteiger charge is -2.08. The maximum atomic E-state index is 13.0. The quantitative estimate of drug-likeness (QED) is 0.881. The number of hydrogen-bond acceptors (Lipinski definition) is 3. The Morgan fingerprint density at radius 1 is 1.00 bits per heavy atom. The van der Waals surface area contributed by atoms with E-state index in [0.717, 1.165) is 18.2 Å². The average molecular weight is 326 g/mol. The van der Waals surface area contributed by atoms with E-state index in [1.807, 2.05) is 4.72 Å². The molecule has 0 aliphatic carbocycles. The summed E-state index contributed by atoms with van der Waals surface area (Å²) in [5.41, 5.74) is 0.204. The summed E-state index contributed by atoms with van der Waals surface area (Å²) in [5.74, 6) is -1.91. The first-order valence-electron chi connectivity index (χ1n) is 6.17. The number of benzene rings is 2. The van der Waals surface area contributed by atoms with E-state index < -0.39 is 34.1 Å². The number of carbonyl (C=O) groups is 1. The van der Waals surface area contributed by atoms with Gasteiger partial charge in [-0.1, -0.05) is 12.1 Å². The normalized spacial score (nSPS) is 11.2. The van der Waals surface area contributed by atoms with Crippen molar-refractivity contribution >= 4 is 21.6 Å². The van der Waals surface area contributed by atoms with Crippen LogP contribution in [-0.2, 0) is 14.8 Å². The van der Waals surface area contributed by atoms with Gasteiger partial charge in [0.1, 0.15) is 11.6 Å². The first-order chi connectivity index (χ1) is 10.4. The Morgan fingerprint density at radius 3 is 2.27 bits per heavy atom. The van der Waals surface area contributed by atoms with Crippen molar-refractivity contribution in [3.63, 3.8) is 0 Å². The van der Waals surface area contributed by atoms with Crippen LogP contribution in [0.5, 0.6) is 0 Å². The van der Waals surface area contributed by atoms with Gasteiger partial charge in [0.15, 0.2) is 0 Å². The van der Waals surface area contributed by atoms with Crippen molar-refractivity contribution in [2.24, 2.45) is 0 Å². The molecule has 2 aromatic carbocycles. The molecule has 0 aromatic heterocycles. The van der Waals surface area contributed by atoms with Crippen molar-refractivity contribution < 1.29 is 22.0 Å². The number of sulfonamides is 1. The predicted molar refractivity (Wildman–Crippen MR) is 76.6 cm³/mol. The van der Waals surface area contributed by atoms with Crippen LogP contribution in [0.1, 0.15) is 0 Å². The number of halogens is 2. The van der Waals surface area contributed by atoms with Gasteiger partial charge >= 0.3 is 0 Å². The second kappa shape index (κ2) is 6.63. The highest BCUT2D eigenvalue weighted by molar-refractivity contribution is 7.89. The number of rotatable bonds is 5. The van der Waals surface area contributed by atoms with Crippen LogP contribution in [0.15, 0.2) is 53.4 Å². The highest BCUT2D eigenvalue weighted by atomic mass is 32.2. The lowest BCUT2D eigenvalue weighted by molar-refractivity contribution is -0.115. The van der Waals surface area contributed by atoms with E-state index in [1.54, 1.807) is 0 Å². The Hall–Kier alpha value is -2.32. The minimum Gasteiger partial charge on any atom is -0.325 e. The largest absolute Gasteiger partial charge is 0.325 e. The molecule has 116 valence electrons. The van der Waals surface area contributed by atoms with Gasteiger partial charge in [-0.3, -0.25) is 4.79 Å². The van der Waals surface area contributed by atoms with Gasteiger partial charge in [0.2, 0.25) is 15.9 Å². The molecular weight excluding hydrogens is 314 g/mol. The second-order valence-electron chi connectivity index (χ2n) is 4.34. The van der Waals surface area contributed by atoms with E-state index in [0.29, 0.717) is 0 Å². The minimum atomic E-state index is -4.00. The summed E-state index contributed by atoms with van der Waals surface area (Å²) < 4.78 is 51.8. The lowest BCUT2D eigenvalue weighted by Crippen LogP contribution is -2.32. The van der Waals surface area contributed by atoms with Crippen LogP contribution in [0, 0.1) is 11.6 Å². The van der Waals surface area contributed by atoms with Gasteiger partial charge in [-0.05, 0) is 36.4 Å². The number of amides is 1. The SMILES string of the molecule is O=C(CNS(=O)(=O)c1cccc(F)c1)Nc1cccc(F)c1. The van der Waals surface area contributed by atoms with Crippen molar-refractivity contribution in [2.75, 3.05) is 11.9 Å². The molecule has 2 aromatic rings. The molecule has 0 atom stereocenters. The van der Waals surface area contributed by atoms with E-state index >= 15 is 0 Å². The van der Waals surface area contributed by atoms with Crippen LogP contribution in [-0.4, -0.2) is 20.9 Å². The number of anilines is 1. The summed E-state index contributed by atoms with van der Waals surface area (Å²) >= 11 is 0. The van der Waals surface area contributed by atoms with Gasteiger partial charge in [-0.25, -0.2) is 21.9 Å². The maximum absolute atomic E-state index is 13.0. The smallest absolute Gasteiger partial charge is 0.241 e. The van der Waals surface area contributed by atoms with E-state index in [2.05, 4.69) is 5.32 Å². The summed E-state index contributed by atoms with van der Waals surface area (Å²) in [6.07, 6.45) is 0. The zero-order chi connectivity index (χ0) is 16.2. The molecule has 5 nitrogen and oxygen atoms in total. The molecule has 0 aliphatic heterocycles. The molecule has 1 amide bonds. The highest BCUT2D eigenvalue weighted by Crippen LogP contribution is 2.11. The predicted octanol–water partition coefficient (Wildman–Crippen LogP) is 1.88. The highest BCUT2D eigenvalue weighted by Gasteiger charge is 2.16. The van der Waals surface area contributed by atoms with Crippen LogP contribution in [0.25, 0.3) is 0 Å². The first kappa shape index (κ1) is 16.1. The fourth-order valence-electron chi connectivity index (χ4n) is 1.65. The monoisotopic (exact) mass is 326 g/mol. The molecule has 8 heteroatoms. The fraction of sp³-hybridized carbons (Fsp3) is 0.0714. The van der Waals surface area contributed by atoms with Crippen molar-refractivity contribution in [1.82, 2.24) is 4.72 Å². The van der Waals surface area contributed by atoms with E-state index in [4.69, 9.17) is 0 Å². The molecule has 2 N–H and O–H groups in total. The summed E-state index contributed by atoms with van der Waals surface area (Å²) in [5, 5.41) is 2.34. The van der Waals surface area contributed by atoms with E-state index in [1.165, 1.54) is 30.3 Å². The molecule has 0 heterocycles. The van der Waals surface area contributed by atoms with Gasteiger partial charge in [0.05, 0.1) is 11.4 Å². The molecule has 0 unspecified atom stereocenters. The zero-order valence-corrected chi connectivity index (χ0v) is 12.0. The zero-order valence-electron chi connectivity index (χ0n) is 11.2. The summed E-state index contributed by atoms with van der Waals surface area (Å²) in [7, 11) is -4.00. The van der Waals surface area contributed by atoms with Gasteiger partial charge in [-0.2, -0.15) is 0 Å². The Labute approximate surface area is 126 Å². The Kier molecular flexibility index (Phi) is 4.84. The summed E-state index contributed by atoms with van der Waals surface area (Å²) in [4.78, 5) is 11.3. The van der Waals surface area contributed by atoms with Crippen LogP contribution < -0.4 is 10.0 Å². The molecule has 0 bridgehead atoms. The van der Waals surface area contributed by atoms with E-state index in [-0.39, 0.29) is 10.6 Å². The van der Waals surface area contributed by atoms with Gasteiger partial charge < -0.3 is 5.32 Å². The summed E-state index contributed by atoms with van der Waals surface area (Å²) in [6, 6.07) is 9.57. The number of nitrogens with one attached hydrogen (secondary N) is 2. The van der Waals surface area contributed by atoms with Crippen LogP contribution in [0.4, 0.5) is 14.5 Å². The fourth-order valence-corrected chi connectivity index (χ4v) is 2.66. The lowest BCUT2D eigenvalue weighted by atomic mass is 10.3. The van der Waals surface area contributed by atoms with Gasteiger partial charge in [0, 0.05) is 5.69 Å². The first-order valence-corrected chi connectivity index (χ1v) is 7.66. The van der Waals surface area contributed by atoms with Crippen LogP contribution >= 0.6 is 0 Å². The van der Waals surface area contributed by atoms with Crippen molar-refractivity contribution in [1.29, 1.82) is 0 Å². The van der Waals surface area contributed by atoms with Gasteiger partial charge in [-0.15, -0.1) is 0 Å². The third kappa shape index (κ3) is 4.34. The molecule has 0 saturated carbocycles. The average Bonchev–Trinajstić information content (AvgIpc) is 2.45. The molecule has 0 spiro atoms. The van der Waals surface area contributed by atoms with Crippen LogP contribution in [0.2, 0.25) is 0 Å². The number of carbonyl (C=O) groups excluding carboxylic acids is 1. The summed E-state index contributed by atoms with van der Waals surface area (Å²) in [6.45, 7) is -0.560.